The molecule has 1 N–H and O–H groups in total. The van der Waals surface area contributed by atoms with Crippen molar-refractivity contribution >= 4 is 22.4 Å². The van der Waals surface area contributed by atoms with Crippen LogP contribution in [0.15, 0.2) is 35.7 Å². The second-order valence-electron chi connectivity index (χ2n) is 4.29. The number of nitrogens with one attached hydrogen (secondary N) is 1. The number of ether oxygens (including phenoxy) is 1. The number of carbonyl (C=O) groups excluding carboxylic acids is 1. The van der Waals surface area contributed by atoms with Crippen molar-refractivity contribution in [1.29, 1.82) is 0 Å². The zero-order valence-electron chi connectivity index (χ0n) is 11.5. The molecule has 106 valence electrons. The van der Waals surface area contributed by atoms with E-state index in [2.05, 4.69) is 22.4 Å². The Balaban J connectivity index is 1.77. The average molecular weight is 290 g/mol. The van der Waals surface area contributed by atoms with Crippen LogP contribution in [0.1, 0.15) is 18.2 Å². The molecule has 0 bridgehead atoms. The highest BCUT2D eigenvalue weighted by atomic mass is 32.1. The third-order valence-corrected chi connectivity index (χ3v) is 3.56. The first-order chi connectivity index (χ1) is 9.78. The largest absolute Gasteiger partial charge is 0.466 e. The number of nitrogens with zero attached hydrogens (tertiary/aromatic N) is 1. The predicted molar refractivity (Wildman–Crippen MR) is 81.1 cm³/mol. The SMILES string of the molecule is CCOC(=O)Cc1csc(NCCc2ccccc2)n1. The van der Waals surface area contributed by atoms with E-state index in [1.165, 1.54) is 16.9 Å². The fraction of sp³-hybridized carbons (Fsp3) is 0.333. The van der Waals surface area contributed by atoms with Crippen LogP contribution in [0, 0.1) is 0 Å². The molecule has 0 aliphatic rings. The molecule has 4 nitrogen and oxygen atoms in total. The Morgan fingerprint density at radius 3 is 2.90 bits per heavy atom. The topological polar surface area (TPSA) is 51.2 Å². The number of hydrogen-bond donors (Lipinski definition) is 1. The van der Waals surface area contributed by atoms with Crippen LogP contribution in [0.3, 0.4) is 0 Å². The van der Waals surface area contributed by atoms with Gasteiger partial charge in [-0.2, -0.15) is 0 Å². The quantitative estimate of drug-likeness (QED) is 0.797. The second kappa shape index (κ2) is 7.65. The Morgan fingerprint density at radius 1 is 1.35 bits per heavy atom. The van der Waals surface area contributed by atoms with Crippen molar-refractivity contribution in [3.8, 4) is 0 Å². The zero-order valence-corrected chi connectivity index (χ0v) is 12.3. The third kappa shape index (κ3) is 4.66. The maximum atomic E-state index is 11.3. The van der Waals surface area contributed by atoms with E-state index < -0.39 is 0 Å². The molecule has 1 heterocycles. The molecule has 0 saturated heterocycles. The molecular formula is C15H18N2O2S. The fourth-order valence-electron chi connectivity index (χ4n) is 1.79. The van der Waals surface area contributed by atoms with Crippen LogP contribution in [0.4, 0.5) is 5.13 Å². The summed E-state index contributed by atoms with van der Waals surface area (Å²) in [4.78, 5) is 15.7. The van der Waals surface area contributed by atoms with E-state index in [4.69, 9.17) is 4.74 Å². The minimum atomic E-state index is -0.228. The minimum Gasteiger partial charge on any atom is -0.466 e. The number of thiazole rings is 1. The molecule has 0 unspecified atom stereocenters. The second-order valence-corrected chi connectivity index (χ2v) is 5.15. The van der Waals surface area contributed by atoms with Gasteiger partial charge in [-0.1, -0.05) is 30.3 Å². The Labute approximate surface area is 122 Å². The van der Waals surface area contributed by atoms with Crippen LogP contribution in [0.5, 0.6) is 0 Å². The Bertz CT molecular complexity index is 540. The summed E-state index contributed by atoms with van der Waals surface area (Å²) in [5, 5.41) is 6.01. The Morgan fingerprint density at radius 2 is 2.15 bits per heavy atom. The van der Waals surface area contributed by atoms with Gasteiger partial charge >= 0.3 is 5.97 Å². The maximum Gasteiger partial charge on any atom is 0.311 e. The van der Waals surface area contributed by atoms with E-state index in [1.54, 1.807) is 6.92 Å². The van der Waals surface area contributed by atoms with Gasteiger partial charge in [0.15, 0.2) is 5.13 Å². The van der Waals surface area contributed by atoms with Gasteiger partial charge in [0, 0.05) is 11.9 Å². The van der Waals surface area contributed by atoms with Gasteiger partial charge in [0.2, 0.25) is 0 Å². The highest BCUT2D eigenvalue weighted by Crippen LogP contribution is 2.16. The predicted octanol–water partition coefficient (Wildman–Crippen LogP) is 2.90. The Hall–Kier alpha value is -1.88. The highest BCUT2D eigenvalue weighted by molar-refractivity contribution is 7.13. The van der Waals surface area contributed by atoms with E-state index in [-0.39, 0.29) is 12.4 Å². The van der Waals surface area contributed by atoms with Gasteiger partial charge in [0.05, 0.1) is 18.7 Å². The number of carbonyl (C=O) groups is 1. The van der Waals surface area contributed by atoms with Crippen molar-refractivity contribution in [3.05, 3.63) is 47.0 Å². The lowest BCUT2D eigenvalue weighted by molar-refractivity contribution is -0.142. The molecule has 0 spiro atoms. The summed E-state index contributed by atoms with van der Waals surface area (Å²) in [6, 6.07) is 10.3. The highest BCUT2D eigenvalue weighted by Gasteiger charge is 2.07. The van der Waals surface area contributed by atoms with Gasteiger partial charge in [0.1, 0.15) is 0 Å². The minimum absolute atomic E-state index is 0.228. The van der Waals surface area contributed by atoms with Crippen molar-refractivity contribution < 1.29 is 9.53 Å². The van der Waals surface area contributed by atoms with Crippen LogP contribution < -0.4 is 5.32 Å². The normalized spacial score (nSPS) is 10.2. The summed E-state index contributed by atoms with van der Waals surface area (Å²) in [5.41, 5.74) is 2.05. The van der Waals surface area contributed by atoms with Crippen LogP contribution in [0.25, 0.3) is 0 Å². The summed E-state index contributed by atoms with van der Waals surface area (Å²) in [6.07, 6.45) is 1.19. The smallest absolute Gasteiger partial charge is 0.311 e. The maximum absolute atomic E-state index is 11.3. The van der Waals surface area contributed by atoms with E-state index in [0.717, 1.165) is 23.8 Å². The molecule has 0 fully saturated rings. The number of anilines is 1. The first-order valence-corrected chi connectivity index (χ1v) is 7.53. The van der Waals surface area contributed by atoms with Crippen LogP contribution in [0.2, 0.25) is 0 Å². The first kappa shape index (κ1) is 14.5. The lowest BCUT2D eigenvalue weighted by atomic mass is 10.1. The molecule has 2 rings (SSSR count). The zero-order chi connectivity index (χ0) is 14.2. The number of hydrogen-bond acceptors (Lipinski definition) is 5. The van der Waals surface area contributed by atoms with Gasteiger partial charge in [-0.15, -0.1) is 11.3 Å². The standard InChI is InChI=1S/C15H18N2O2S/c1-2-19-14(18)10-13-11-20-15(17-13)16-9-8-12-6-4-3-5-7-12/h3-7,11H,2,8-10H2,1H3,(H,16,17). The molecule has 1 aromatic carbocycles. The van der Waals surface area contributed by atoms with Gasteiger partial charge in [-0.3, -0.25) is 4.79 Å². The average Bonchev–Trinajstić information content (AvgIpc) is 2.88. The van der Waals surface area contributed by atoms with E-state index in [1.807, 2.05) is 23.6 Å². The summed E-state index contributed by atoms with van der Waals surface area (Å²) < 4.78 is 4.90. The lowest BCUT2D eigenvalue weighted by Gasteiger charge is -2.02. The molecule has 0 saturated carbocycles. The van der Waals surface area contributed by atoms with E-state index in [9.17, 15) is 4.79 Å². The van der Waals surface area contributed by atoms with E-state index >= 15 is 0 Å². The fourth-order valence-corrected chi connectivity index (χ4v) is 2.53. The van der Waals surface area contributed by atoms with Gasteiger partial charge in [-0.05, 0) is 18.9 Å². The molecule has 0 radical (unpaired) electrons. The van der Waals surface area contributed by atoms with Crippen LogP contribution in [-0.4, -0.2) is 24.1 Å². The van der Waals surface area contributed by atoms with Crippen molar-refractivity contribution in [2.45, 2.75) is 19.8 Å². The van der Waals surface area contributed by atoms with Crippen molar-refractivity contribution in [3.63, 3.8) is 0 Å². The molecule has 20 heavy (non-hydrogen) atoms. The molecule has 2 aromatic rings. The Kier molecular flexibility index (Phi) is 5.55. The van der Waals surface area contributed by atoms with Gasteiger partial charge < -0.3 is 10.1 Å². The van der Waals surface area contributed by atoms with Gasteiger partial charge in [0.25, 0.3) is 0 Å². The van der Waals surface area contributed by atoms with Crippen molar-refractivity contribution in [1.82, 2.24) is 4.98 Å². The number of benzene rings is 1. The molecule has 5 heteroatoms. The van der Waals surface area contributed by atoms with E-state index in [0.29, 0.717) is 6.61 Å². The lowest BCUT2D eigenvalue weighted by Crippen LogP contribution is -2.08. The first-order valence-electron chi connectivity index (χ1n) is 6.65. The van der Waals surface area contributed by atoms with Crippen molar-refractivity contribution in [2.75, 3.05) is 18.5 Å². The number of rotatable bonds is 7. The molecule has 0 aliphatic heterocycles. The summed E-state index contributed by atoms with van der Waals surface area (Å²) in [5.74, 6) is -0.228. The van der Waals surface area contributed by atoms with Crippen LogP contribution >= 0.6 is 11.3 Å². The third-order valence-electron chi connectivity index (χ3n) is 2.72. The van der Waals surface area contributed by atoms with Crippen LogP contribution in [-0.2, 0) is 22.4 Å². The molecule has 1 aromatic heterocycles. The number of aromatic nitrogens is 1. The summed E-state index contributed by atoms with van der Waals surface area (Å²) in [7, 11) is 0. The van der Waals surface area contributed by atoms with Crippen molar-refractivity contribution in [2.24, 2.45) is 0 Å². The van der Waals surface area contributed by atoms with Gasteiger partial charge in [-0.25, -0.2) is 4.98 Å². The summed E-state index contributed by atoms with van der Waals surface area (Å²) in [6.45, 7) is 3.04. The number of esters is 1. The monoisotopic (exact) mass is 290 g/mol. The summed E-state index contributed by atoms with van der Waals surface area (Å²) >= 11 is 1.51. The molecule has 0 atom stereocenters. The molecular weight excluding hydrogens is 272 g/mol. The molecule has 0 amide bonds. The molecule has 0 aliphatic carbocycles.